The molecule has 2 amide bonds. The minimum absolute atomic E-state index is 0.122. The van der Waals surface area contributed by atoms with Gasteiger partial charge in [0.05, 0.1) is 18.7 Å². The molecule has 0 aliphatic heterocycles. The predicted octanol–water partition coefficient (Wildman–Crippen LogP) is 4.52. The SMILES string of the molecule is NC(=O)OC(CNC(=O)Cn1nc(-c2ccc(Cl)cc2)n(Cc2ccccc2F)c1=O)c1ccccc1C(F)(F)F. The molecule has 1 unspecified atom stereocenters. The predicted molar refractivity (Wildman–Crippen MR) is 140 cm³/mol. The fraction of sp³-hybridized carbons (Fsp3) is 0.185. The first-order chi connectivity index (χ1) is 19.4. The third-order valence-electron chi connectivity index (χ3n) is 5.96. The molecular formula is C27H22ClF4N5O4. The highest BCUT2D eigenvalue weighted by molar-refractivity contribution is 6.30. The Balaban J connectivity index is 1.60. The highest BCUT2D eigenvalue weighted by Gasteiger charge is 2.36. The second-order valence-corrected chi connectivity index (χ2v) is 9.20. The molecule has 214 valence electrons. The van der Waals surface area contributed by atoms with Crippen molar-refractivity contribution < 1.29 is 31.9 Å². The number of nitrogens with two attached hydrogens (primary N) is 1. The summed E-state index contributed by atoms with van der Waals surface area (Å²) in [5.41, 5.74) is 3.46. The first-order valence-electron chi connectivity index (χ1n) is 12.0. The van der Waals surface area contributed by atoms with Crippen LogP contribution in [0.15, 0.2) is 77.6 Å². The van der Waals surface area contributed by atoms with E-state index in [1.807, 2.05) is 0 Å². The van der Waals surface area contributed by atoms with Crippen LogP contribution in [-0.2, 0) is 28.8 Å². The highest BCUT2D eigenvalue weighted by atomic mass is 35.5. The summed E-state index contributed by atoms with van der Waals surface area (Å²) >= 11 is 5.97. The normalized spacial score (nSPS) is 12.1. The fourth-order valence-electron chi connectivity index (χ4n) is 4.09. The van der Waals surface area contributed by atoms with Crippen LogP contribution in [0.4, 0.5) is 22.4 Å². The Morgan fingerprint density at radius 2 is 1.68 bits per heavy atom. The van der Waals surface area contributed by atoms with Gasteiger partial charge in [-0.3, -0.25) is 9.36 Å². The number of carbonyl (C=O) groups is 2. The van der Waals surface area contributed by atoms with E-state index in [4.69, 9.17) is 22.1 Å². The van der Waals surface area contributed by atoms with Gasteiger partial charge < -0.3 is 15.8 Å². The number of hydrogen-bond donors (Lipinski definition) is 2. The van der Waals surface area contributed by atoms with Crippen molar-refractivity contribution in [1.29, 1.82) is 0 Å². The van der Waals surface area contributed by atoms with Crippen molar-refractivity contribution in [2.45, 2.75) is 25.4 Å². The maximum absolute atomic E-state index is 14.4. The van der Waals surface area contributed by atoms with Gasteiger partial charge >= 0.3 is 18.0 Å². The molecule has 0 saturated carbocycles. The summed E-state index contributed by atoms with van der Waals surface area (Å²) < 4.78 is 61.8. The lowest BCUT2D eigenvalue weighted by atomic mass is 10.0. The van der Waals surface area contributed by atoms with Crippen LogP contribution in [0.2, 0.25) is 5.02 Å². The smallest absolute Gasteiger partial charge is 0.416 e. The van der Waals surface area contributed by atoms with Crippen LogP contribution >= 0.6 is 11.6 Å². The van der Waals surface area contributed by atoms with E-state index in [2.05, 4.69) is 10.4 Å². The van der Waals surface area contributed by atoms with Gasteiger partial charge in [-0.15, -0.1) is 5.10 Å². The summed E-state index contributed by atoms with van der Waals surface area (Å²) in [5.74, 6) is -1.25. The fourth-order valence-corrected chi connectivity index (χ4v) is 4.21. The van der Waals surface area contributed by atoms with Crippen LogP contribution in [0.5, 0.6) is 0 Å². The number of amides is 2. The number of nitrogens with zero attached hydrogens (tertiary/aromatic N) is 3. The van der Waals surface area contributed by atoms with Gasteiger partial charge in [0.2, 0.25) is 5.91 Å². The lowest BCUT2D eigenvalue weighted by Crippen LogP contribution is -2.37. The van der Waals surface area contributed by atoms with Gasteiger partial charge in [-0.2, -0.15) is 13.2 Å². The molecule has 0 aliphatic carbocycles. The molecule has 0 spiro atoms. The topological polar surface area (TPSA) is 121 Å². The zero-order valence-corrected chi connectivity index (χ0v) is 21.8. The average molecular weight is 592 g/mol. The molecule has 0 radical (unpaired) electrons. The Labute approximate surface area is 235 Å². The largest absolute Gasteiger partial charge is 0.440 e. The van der Waals surface area contributed by atoms with Crippen LogP contribution in [0.3, 0.4) is 0 Å². The Kier molecular flexibility index (Phi) is 8.77. The monoisotopic (exact) mass is 591 g/mol. The van der Waals surface area contributed by atoms with Crippen molar-refractivity contribution in [2.75, 3.05) is 6.54 Å². The van der Waals surface area contributed by atoms with Gasteiger partial charge in [0.25, 0.3) is 0 Å². The molecular weight excluding hydrogens is 570 g/mol. The van der Waals surface area contributed by atoms with Crippen LogP contribution in [0.25, 0.3) is 11.4 Å². The zero-order chi connectivity index (χ0) is 29.7. The average Bonchev–Trinajstić information content (AvgIpc) is 3.22. The van der Waals surface area contributed by atoms with Crippen molar-refractivity contribution in [3.05, 3.63) is 111 Å². The second-order valence-electron chi connectivity index (χ2n) is 8.76. The van der Waals surface area contributed by atoms with Gasteiger partial charge in [-0.1, -0.05) is 48.0 Å². The van der Waals surface area contributed by atoms with Gasteiger partial charge in [0.15, 0.2) is 5.82 Å². The minimum Gasteiger partial charge on any atom is -0.440 e. The quantitative estimate of drug-likeness (QED) is 0.277. The molecule has 1 atom stereocenters. The van der Waals surface area contributed by atoms with E-state index in [1.54, 1.807) is 30.3 Å². The van der Waals surface area contributed by atoms with E-state index in [9.17, 15) is 31.9 Å². The first-order valence-corrected chi connectivity index (χ1v) is 12.4. The number of aromatic nitrogens is 3. The Morgan fingerprint density at radius 1 is 1.02 bits per heavy atom. The number of rotatable bonds is 9. The molecule has 9 nitrogen and oxygen atoms in total. The summed E-state index contributed by atoms with van der Waals surface area (Å²) in [5, 5.41) is 7.02. The number of primary amides is 1. The molecule has 0 aliphatic rings. The first kappa shape index (κ1) is 29.3. The Bertz CT molecular complexity index is 1620. The summed E-state index contributed by atoms with van der Waals surface area (Å²) in [6, 6.07) is 16.5. The Hall–Kier alpha value is -4.65. The van der Waals surface area contributed by atoms with Crippen molar-refractivity contribution >= 4 is 23.6 Å². The molecule has 4 aromatic rings. The third-order valence-corrected chi connectivity index (χ3v) is 6.21. The van der Waals surface area contributed by atoms with Crippen LogP contribution < -0.4 is 16.7 Å². The summed E-state index contributed by atoms with van der Waals surface area (Å²) in [6.45, 7) is -1.43. The van der Waals surface area contributed by atoms with E-state index in [1.165, 1.54) is 28.8 Å². The summed E-state index contributed by atoms with van der Waals surface area (Å²) in [6.07, 6.45) is -7.69. The number of ether oxygens (including phenoxy) is 1. The van der Waals surface area contributed by atoms with Crippen LogP contribution in [-0.4, -0.2) is 32.9 Å². The van der Waals surface area contributed by atoms with Crippen molar-refractivity contribution in [3.63, 3.8) is 0 Å². The van der Waals surface area contributed by atoms with Gasteiger partial charge in [0.1, 0.15) is 18.5 Å². The molecule has 0 fully saturated rings. The number of nitrogens with one attached hydrogen (secondary N) is 1. The summed E-state index contributed by atoms with van der Waals surface area (Å²) in [4.78, 5) is 37.5. The van der Waals surface area contributed by atoms with Gasteiger partial charge in [-0.05, 0) is 36.4 Å². The minimum atomic E-state index is -4.77. The molecule has 1 aromatic heterocycles. The zero-order valence-electron chi connectivity index (χ0n) is 21.1. The molecule has 3 aromatic carbocycles. The van der Waals surface area contributed by atoms with Crippen LogP contribution in [0.1, 0.15) is 22.8 Å². The van der Waals surface area contributed by atoms with Crippen molar-refractivity contribution in [2.24, 2.45) is 5.73 Å². The number of alkyl halides is 3. The lowest BCUT2D eigenvalue weighted by molar-refractivity contribution is -0.139. The number of hydrogen-bond acceptors (Lipinski definition) is 5. The van der Waals surface area contributed by atoms with Crippen LogP contribution in [0, 0.1) is 5.82 Å². The van der Waals surface area contributed by atoms with E-state index < -0.39 is 60.0 Å². The molecule has 41 heavy (non-hydrogen) atoms. The van der Waals surface area contributed by atoms with Gasteiger partial charge in [-0.25, -0.2) is 18.7 Å². The molecule has 4 rings (SSSR count). The number of halogens is 5. The van der Waals surface area contributed by atoms with E-state index in [0.717, 1.165) is 22.9 Å². The molecule has 14 heteroatoms. The van der Waals surface area contributed by atoms with E-state index in [-0.39, 0.29) is 17.9 Å². The molecule has 0 bridgehead atoms. The molecule has 3 N–H and O–H groups in total. The number of benzene rings is 3. The second kappa shape index (κ2) is 12.3. The Morgan fingerprint density at radius 3 is 2.34 bits per heavy atom. The molecule has 0 saturated heterocycles. The van der Waals surface area contributed by atoms with Crippen molar-refractivity contribution in [1.82, 2.24) is 19.7 Å². The third kappa shape index (κ3) is 7.11. The standard InChI is InChI=1S/C27H22ClF4N5O4/c28-18-11-9-16(10-12-18)24-35-37(26(40)36(24)14-17-5-1-4-8-21(17)29)15-23(38)34-13-22(41-25(33)39)19-6-2-3-7-20(19)27(30,31)32/h1-12,22H,13-15H2,(H2,33,39)(H,34,38). The summed E-state index contributed by atoms with van der Waals surface area (Å²) in [7, 11) is 0. The van der Waals surface area contributed by atoms with E-state index >= 15 is 0 Å². The maximum atomic E-state index is 14.4. The van der Waals surface area contributed by atoms with Gasteiger partial charge in [0, 0.05) is 21.7 Å². The van der Waals surface area contributed by atoms with E-state index in [0.29, 0.717) is 10.6 Å². The maximum Gasteiger partial charge on any atom is 0.416 e. The van der Waals surface area contributed by atoms with Crippen molar-refractivity contribution in [3.8, 4) is 11.4 Å². The molecule has 1 heterocycles. The lowest BCUT2D eigenvalue weighted by Gasteiger charge is -2.21. The number of carbonyl (C=O) groups excluding carboxylic acids is 2. The highest BCUT2D eigenvalue weighted by Crippen LogP contribution is 2.35.